The Morgan fingerprint density at radius 3 is 2.85 bits per heavy atom. The van der Waals surface area contributed by atoms with Crippen LogP contribution in [0.25, 0.3) is 5.69 Å². The van der Waals surface area contributed by atoms with Crippen molar-refractivity contribution in [3.63, 3.8) is 0 Å². The fourth-order valence-electron chi connectivity index (χ4n) is 3.26. The molecule has 0 saturated heterocycles. The lowest BCUT2D eigenvalue weighted by atomic mass is 10.1. The normalized spacial score (nSPS) is 18.5. The number of rotatable bonds is 6. The second kappa shape index (κ2) is 7.46. The second-order valence-electron chi connectivity index (χ2n) is 6.67. The number of aromatic nitrogens is 2. The third-order valence-corrected chi connectivity index (χ3v) is 5.27. The second-order valence-corrected chi connectivity index (χ2v) is 7.59. The molecule has 2 aromatic carbocycles. The topological polar surface area (TPSA) is 46.9 Å². The van der Waals surface area contributed by atoms with E-state index >= 15 is 0 Å². The molecule has 0 radical (unpaired) electrons. The lowest BCUT2D eigenvalue weighted by Gasteiger charge is -2.04. The molecule has 0 bridgehead atoms. The van der Waals surface area contributed by atoms with Crippen LogP contribution in [-0.2, 0) is 11.2 Å². The highest BCUT2D eigenvalue weighted by Gasteiger charge is 2.43. The Kier molecular flexibility index (Phi) is 4.89. The van der Waals surface area contributed by atoms with Crippen LogP contribution in [0.15, 0.2) is 71.5 Å². The van der Waals surface area contributed by atoms with E-state index in [4.69, 9.17) is 0 Å². The molecule has 1 aliphatic carbocycles. The van der Waals surface area contributed by atoms with Gasteiger partial charge in [-0.1, -0.05) is 46.3 Å². The number of carbonyl (C=O) groups excluding carboxylic acids is 1. The first-order valence-corrected chi connectivity index (χ1v) is 9.62. The van der Waals surface area contributed by atoms with Crippen LogP contribution in [0.1, 0.15) is 23.5 Å². The van der Waals surface area contributed by atoms with E-state index in [9.17, 15) is 4.79 Å². The lowest BCUT2D eigenvalue weighted by molar-refractivity contribution is -0.122. The van der Waals surface area contributed by atoms with E-state index in [1.165, 1.54) is 5.56 Å². The number of nitrogens with one attached hydrogen (secondary N) is 1. The van der Waals surface area contributed by atoms with Crippen LogP contribution in [-0.4, -0.2) is 22.2 Å². The number of nitrogens with zero attached hydrogens (tertiary/aromatic N) is 2. The van der Waals surface area contributed by atoms with Gasteiger partial charge in [-0.05, 0) is 54.2 Å². The molecule has 0 spiro atoms. The zero-order valence-electron chi connectivity index (χ0n) is 14.3. The molecule has 1 aliphatic rings. The van der Waals surface area contributed by atoms with Crippen molar-refractivity contribution >= 4 is 21.8 Å². The van der Waals surface area contributed by atoms with Crippen molar-refractivity contribution in [2.24, 2.45) is 5.92 Å². The third-order valence-electron chi connectivity index (χ3n) is 4.77. The van der Waals surface area contributed by atoms with Gasteiger partial charge in [0, 0.05) is 23.1 Å². The first-order chi connectivity index (χ1) is 12.7. The van der Waals surface area contributed by atoms with Crippen molar-refractivity contribution in [2.75, 3.05) is 6.54 Å². The van der Waals surface area contributed by atoms with Crippen LogP contribution in [0.5, 0.6) is 0 Å². The van der Waals surface area contributed by atoms with Crippen LogP contribution in [0, 0.1) is 5.92 Å². The van der Waals surface area contributed by atoms with Crippen LogP contribution in [0.2, 0.25) is 0 Å². The van der Waals surface area contributed by atoms with Gasteiger partial charge < -0.3 is 5.32 Å². The Balaban J connectivity index is 1.27. The van der Waals surface area contributed by atoms with Gasteiger partial charge in [-0.15, -0.1) is 0 Å². The average Bonchev–Trinajstić information content (AvgIpc) is 3.34. The van der Waals surface area contributed by atoms with Crippen LogP contribution < -0.4 is 5.32 Å². The minimum atomic E-state index is 0.108. The first kappa shape index (κ1) is 17.0. The van der Waals surface area contributed by atoms with Gasteiger partial charge in [0.25, 0.3) is 0 Å². The van der Waals surface area contributed by atoms with Gasteiger partial charge in [-0.3, -0.25) is 4.79 Å². The van der Waals surface area contributed by atoms with Crippen molar-refractivity contribution in [2.45, 2.75) is 18.8 Å². The predicted octanol–water partition coefficient (Wildman–Crippen LogP) is 4.10. The van der Waals surface area contributed by atoms with E-state index in [0.717, 1.165) is 28.6 Å². The van der Waals surface area contributed by atoms with E-state index in [-0.39, 0.29) is 11.8 Å². The van der Waals surface area contributed by atoms with Gasteiger partial charge in [0.1, 0.15) is 0 Å². The molecule has 3 aromatic rings. The summed E-state index contributed by atoms with van der Waals surface area (Å²) in [5.74, 6) is 0.620. The summed E-state index contributed by atoms with van der Waals surface area (Å²) < 4.78 is 2.93. The smallest absolute Gasteiger partial charge is 0.223 e. The molecule has 1 N–H and O–H groups in total. The van der Waals surface area contributed by atoms with Gasteiger partial charge in [0.15, 0.2) is 0 Å². The SMILES string of the molecule is O=C(NCCc1cnn(-c2ccccc2)c1)C1CC1c1cccc(Br)c1. The summed E-state index contributed by atoms with van der Waals surface area (Å²) in [5, 5.41) is 7.46. The van der Waals surface area contributed by atoms with Crippen molar-refractivity contribution in [1.29, 1.82) is 0 Å². The number of benzene rings is 2. The summed E-state index contributed by atoms with van der Waals surface area (Å²) >= 11 is 3.49. The molecular formula is C21H20BrN3O. The minimum absolute atomic E-state index is 0.108. The Hall–Kier alpha value is -2.40. The van der Waals surface area contributed by atoms with Crippen molar-refractivity contribution in [1.82, 2.24) is 15.1 Å². The molecule has 0 aliphatic heterocycles. The molecule has 1 aromatic heterocycles. The maximum atomic E-state index is 12.3. The van der Waals surface area contributed by atoms with Crippen LogP contribution >= 0.6 is 15.9 Å². The van der Waals surface area contributed by atoms with Crippen molar-refractivity contribution in [3.8, 4) is 5.69 Å². The van der Waals surface area contributed by atoms with Crippen LogP contribution in [0.3, 0.4) is 0 Å². The highest BCUT2D eigenvalue weighted by molar-refractivity contribution is 9.10. The lowest BCUT2D eigenvalue weighted by Crippen LogP contribution is -2.27. The molecular weight excluding hydrogens is 390 g/mol. The number of amides is 1. The number of para-hydroxylation sites is 1. The summed E-state index contributed by atoms with van der Waals surface area (Å²) in [5.41, 5.74) is 3.40. The quantitative estimate of drug-likeness (QED) is 0.665. The zero-order chi connectivity index (χ0) is 17.9. The van der Waals surface area contributed by atoms with Gasteiger partial charge in [0.2, 0.25) is 5.91 Å². The van der Waals surface area contributed by atoms with Crippen molar-refractivity contribution in [3.05, 3.63) is 82.6 Å². The molecule has 1 fully saturated rings. The van der Waals surface area contributed by atoms with E-state index in [2.05, 4.69) is 38.5 Å². The van der Waals surface area contributed by atoms with Crippen molar-refractivity contribution < 1.29 is 4.79 Å². The molecule has 1 heterocycles. The Morgan fingerprint density at radius 2 is 2.04 bits per heavy atom. The molecule has 4 rings (SSSR count). The fraction of sp³-hybridized carbons (Fsp3) is 0.238. The van der Waals surface area contributed by atoms with Gasteiger partial charge in [0.05, 0.1) is 11.9 Å². The molecule has 4 nitrogen and oxygen atoms in total. The van der Waals surface area contributed by atoms with E-state index in [1.807, 2.05) is 59.5 Å². The number of hydrogen-bond donors (Lipinski definition) is 1. The fourth-order valence-corrected chi connectivity index (χ4v) is 3.68. The molecule has 2 atom stereocenters. The predicted molar refractivity (Wildman–Crippen MR) is 105 cm³/mol. The maximum absolute atomic E-state index is 12.3. The van der Waals surface area contributed by atoms with Gasteiger partial charge >= 0.3 is 0 Å². The summed E-state index contributed by atoms with van der Waals surface area (Å²) in [7, 11) is 0. The molecule has 2 unspecified atom stereocenters. The summed E-state index contributed by atoms with van der Waals surface area (Å²) in [6.07, 6.45) is 5.60. The highest BCUT2D eigenvalue weighted by Crippen LogP contribution is 2.47. The minimum Gasteiger partial charge on any atom is -0.356 e. The molecule has 132 valence electrons. The number of carbonyl (C=O) groups is 1. The van der Waals surface area contributed by atoms with Gasteiger partial charge in [-0.2, -0.15) is 5.10 Å². The van der Waals surface area contributed by atoms with Gasteiger partial charge in [-0.25, -0.2) is 4.68 Å². The molecule has 5 heteroatoms. The monoisotopic (exact) mass is 409 g/mol. The number of halogens is 1. The largest absolute Gasteiger partial charge is 0.356 e. The molecule has 1 amide bonds. The highest BCUT2D eigenvalue weighted by atomic mass is 79.9. The molecule has 26 heavy (non-hydrogen) atoms. The standard InChI is InChI=1S/C21H20BrN3O/c22-17-6-4-5-16(11-17)19-12-20(19)21(26)23-10-9-15-13-24-25(14-15)18-7-2-1-3-8-18/h1-8,11,13-14,19-20H,9-10,12H2,(H,23,26). The Bertz CT molecular complexity index is 906. The zero-order valence-corrected chi connectivity index (χ0v) is 15.9. The van der Waals surface area contributed by atoms with E-state index in [1.54, 1.807) is 0 Å². The van der Waals surface area contributed by atoms with Crippen LogP contribution in [0.4, 0.5) is 0 Å². The summed E-state index contributed by atoms with van der Waals surface area (Å²) in [6, 6.07) is 18.3. The average molecular weight is 410 g/mol. The Labute approximate surface area is 161 Å². The van der Waals surface area contributed by atoms with E-state index in [0.29, 0.717) is 12.5 Å². The van der Waals surface area contributed by atoms with E-state index < -0.39 is 0 Å². The Morgan fingerprint density at radius 1 is 1.19 bits per heavy atom. The first-order valence-electron chi connectivity index (χ1n) is 8.83. The number of hydrogen-bond acceptors (Lipinski definition) is 2. The maximum Gasteiger partial charge on any atom is 0.223 e. The summed E-state index contributed by atoms with van der Waals surface area (Å²) in [6.45, 7) is 0.640. The third kappa shape index (κ3) is 3.88. The summed E-state index contributed by atoms with van der Waals surface area (Å²) in [4.78, 5) is 12.3. The molecule has 1 saturated carbocycles.